The molecule has 0 saturated carbocycles. The molecule has 1 aliphatic carbocycles. The molecule has 2 aliphatic rings. The fraction of sp³-hybridized carbons (Fsp3) is 0.225. The Bertz CT molecular complexity index is 1930. The molecule has 1 aliphatic heterocycles. The normalized spacial score (nSPS) is 16.3. The van der Waals surface area contributed by atoms with Gasteiger partial charge >= 0.3 is 6.09 Å². The Morgan fingerprint density at radius 1 is 0.784 bits per heavy atom. The van der Waals surface area contributed by atoms with Crippen LogP contribution in [0.1, 0.15) is 47.4 Å². The van der Waals surface area contributed by atoms with Gasteiger partial charge in [0, 0.05) is 30.2 Å². The summed E-state index contributed by atoms with van der Waals surface area (Å²) < 4.78 is 5.80. The average molecular weight is 764 g/mol. The number of rotatable bonds is 10. The second-order valence-electron chi connectivity index (χ2n) is 12.5. The minimum absolute atomic E-state index is 0.0103. The Kier molecular flexibility index (Phi) is 11.9. The highest BCUT2D eigenvalue weighted by molar-refractivity contribution is 6.42. The Morgan fingerprint density at radius 2 is 1.31 bits per heavy atom. The molecule has 2 amide bonds. The fourth-order valence-corrected chi connectivity index (χ4v) is 7.17. The smallest absolute Gasteiger partial charge is 0.407 e. The summed E-state index contributed by atoms with van der Waals surface area (Å²) in [6.07, 6.45) is 4.28. The number of Topliss-reactive ketones (excluding diaryl/α,β-unsaturated/α-hetero) is 1. The van der Waals surface area contributed by atoms with E-state index in [9.17, 15) is 14.4 Å². The number of nitrogens with one attached hydrogen (secondary N) is 1. The van der Waals surface area contributed by atoms with Gasteiger partial charge in [0.05, 0.1) is 20.1 Å². The van der Waals surface area contributed by atoms with Crippen LogP contribution in [0.15, 0.2) is 96.1 Å². The largest absolute Gasteiger partial charge is 0.449 e. The lowest BCUT2D eigenvalue weighted by Gasteiger charge is -2.33. The summed E-state index contributed by atoms with van der Waals surface area (Å²) >= 11 is 24.8. The van der Waals surface area contributed by atoms with Gasteiger partial charge in [-0.15, -0.1) is 0 Å². The molecule has 1 heterocycles. The highest BCUT2D eigenvalue weighted by atomic mass is 35.5. The summed E-state index contributed by atoms with van der Waals surface area (Å²) in [5.41, 5.74) is 12.2. The zero-order chi connectivity index (χ0) is 36.1. The van der Waals surface area contributed by atoms with Gasteiger partial charge in [-0.3, -0.25) is 9.59 Å². The molecule has 262 valence electrons. The van der Waals surface area contributed by atoms with Gasteiger partial charge < -0.3 is 20.7 Å². The van der Waals surface area contributed by atoms with Crippen molar-refractivity contribution < 1.29 is 19.1 Å². The van der Waals surface area contributed by atoms with Gasteiger partial charge in [-0.05, 0) is 95.6 Å². The molecule has 4 aromatic carbocycles. The van der Waals surface area contributed by atoms with Crippen molar-refractivity contribution >= 4 is 76.3 Å². The third-order valence-corrected chi connectivity index (χ3v) is 10.5. The Morgan fingerprint density at radius 3 is 1.82 bits per heavy atom. The molecule has 0 spiro atoms. The number of benzene rings is 4. The molecule has 1 atom stereocenters. The van der Waals surface area contributed by atoms with E-state index in [4.69, 9.17) is 56.9 Å². The predicted molar refractivity (Wildman–Crippen MR) is 205 cm³/mol. The second kappa shape index (κ2) is 16.5. The lowest BCUT2D eigenvalue weighted by Crippen LogP contribution is -2.52. The van der Waals surface area contributed by atoms with Gasteiger partial charge in [0.15, 0.2) is 5.78 Å². The Hall–Kier alpha value is -4.11. The number of piperidine rings is 1. The van der Waals surface area contributed by atoms with Crippen molar-refractivity contribution in [2.45, 2.75) is 31.2 Å². The van der Waals surface area contributed by atoms with E-state index in [-0.39, 0.29) is 37.3 Å². The number of hydrogen-bond donors (Lipinski definition) is 2. The van der Waals surface area contributed by atoms with Gasteiger partial charge in [-0.25, -0.2) is 4.79 Å². The molecule has 1 unspecified atom stereocenters. The summed E-state index contributed by atoms with van der Waals surface area (Å²) in [6, 6.07) is 25.3. The number of alkyl carbamates (subject to hydrolysis) is 1. The molecule has 51 heavy (non-hydrogen) atoms. The maximum absolute atomic E-state index is 14.3. The van der Waals surface area contributed by atoms with Crippen molar-refractivity contribution in [2.24, 2.45) is 5.73 Å². The number of halogens is 4. The first kappa shape index (κ1) is 36.7. The number of amides is 2. The quantitative estimate of drug-likeness (QED) is 0.124. The van der Waals surface area contributed by atoms with Crippen molar-refractivity contribution in [1.82, 2.24) is 10.2 Å². The average Bonchev–Trinajstić information content (AvgIpc) is 3.45. The van der Waals surface area contributed by atoms with Crippen molar-refractivity contribution in [3.05, 3.63) is 138 Å². The summed E-state index contributed by atoms with van der Waals surface area (Å²) in [5.74, 6) is -0.723. The summed E-state index contributed by atoms with van der Waals surface area (Å²) in [4.78, 5) is 43.1. The first-order valence-corrected chi connectivity index (χ1v) is 18.1. The number of fused-ring (bicyclic) bond motifs is 3. The first-order chi connectivity index (χ1) is 24.6. The van der Waals surface area contributed by atoms with E-state index in [1.807, 2.05) is 36.4 Å². The minimum atomic E-state index is -0.919. The lowest BCUT2D eigenvalue weighted by molar-refractivity contribution is -0.133. The molecule has 1 fully saturated rings. The van der Waals surface area contributed by atoms with E-state index in [0.29, 0.717) is 68.2 Å². The topological polar surface area (TPSA) is 102 Å². The molecule has 6 rings (SSSR count). The van der Waals surface area contributed by atoms with Gasteiger partial charge in [-0.2, -0.15) is 0 Å². The van der Waals surface area contributed by atoms with E-state index in [2.05, 4.69) is 17.4 Å². The monoisotopic (exact) mass is 761 g/mol. The fourth-order valence-electron chi connectivity index (χ4n) is 6.55. The van der Waals surface area contributed by atoms with Gasteiger partial charge in [0.2, 0.25) is 5.91 Å². The van der Waals surface area contributed by atoms with Crippen molar-refractivity contribution in [1.29, 1.82) is 0 Å². The van der Waals surface area contributed by atoms with Crippen LogP contribution in [0.3, 0.4) is 0 Å². The highest BCUT2D eigenvalue weighted by Gasteiger charge is 2.34. The number of likely N-dealkylation sites (tertiary alicyclic amines) is 1. The van der Waals surface area contributed by atoms with Crippen LogP contribution in [0.2, 0.25) is 20.1 Å². The summed E-state index contributed by atoms with van der Waals surface area (Å²) in [6.45, 7) is 0.568. The third-order valence-electron chi connectivity index (χ3n) is 9.07. The van der Waals surface area contributed by atoms with Crippen LogP contribution < -0.4 is 11.1 Å². The number of ether oxygens (including phenoxy) is 1. The van der Waals surface area contributed by atoms with Gasteiger partial charge in [-0.1, -0.05) is 107 Å². The minimum Gasteiger partial charge on any atom is -0.449 e. The van der Waals surface area contributed by atoms with Crippen molar-refractivity contribution in [3.8, 4) is 11.1 Å². The molecular weight excluding hydrogens is 728 g/mol. The molecule has 3 N–H and O–H groups in total. The van der Waals surface area contributed by atoms with Crippen LogP contribution in [0.25, 0.3) is 23.3 Å². The van der Waals surface area contributed by atoms with Crippen LogP contribution in [0, 0.1) is 0 Å². The SMILES string of the molecule is NCCCCC(NC(=O)OCC1c2ccccc2-c2ccccc21)C(=O)N1C/C(=C\c2ccc(Cl)c(Cl)c2)C(=O)/C(=C/c2ccc(Cl)c(Cl)c2)C1. The maximum atomic E-state index is 14.3. The molecule has 0 bridgehead atoms. The van der Waals surface area contributed by atoms with E-state index in [1.54, 1.807) is 53.5 Å². The zero-order valence-electron chi connectivity index (χ0n) is 27.5. The number of nitrogens with zero attached hydrogens (tertiary/aromatic N) is 1. The lowest BCUT2D eigenvalue weighted by atomic mass is 9.93. The predicted octanol–water partition coefficient (Wildman–Crippen LogP) is 9.21. The molecule has 1 saturated heterocycles. The molecule has 11 heteroatoms. The highest BCUT2D eigenvalue weighted by Crippen LogP contribution is 2.44. The number of carbonyl (C=O) groups excluding carboxylic acids is 3. The van der Waals surface area contributed by atoms with Crippen LogP contribution in [-0.4, -0.2) is 55.0 Å². The first-order valence-electron chi connectivity index (χ1n) is 16.6. The number of nitrogens with two attached hydrogens (primary N) is 1. The number of unbranched alkanes of at least 4 members (excludes halogenated alkanes) is 1. The number of hydrogen-bond acceptors (Lipinski definition) is 5. The van der Waals surface area contributed by atoms with E-state index >= 15 is 0 Å². The molecule has 4 aromatic rings. The molecular formula is C40H35Cl4N3O4. The standard InChI is InChI=1S/C40H35Cl4N3O4/c41-33-14-12-24(19-35(33)43)17-26-21-47(22-27(38(26)48)18-25-13-15-34(42)36(44)20-25)39(49)37(11-5-6-16-45)46-40(50)51-23-32-30-9-3-1-7-28(30)29-8-2-4-10-31(29)32/h1-4,7-10,12-15,17-20,32,37H,5-6,11,16,21-23,45H2,(H,46,50)/b26-17+,27-18+. The van der Waals surface area contributed by atoms with Crippen LogP contribution >= 0.6 is 46.4 Å². The Balaban J connectivity index is 1.25. The van der Waals surface area contributed by atoms with Gasteiger partial charge in [0.1, 0.15) is 12.6 Å². The zero-order valence-corrected chi connectivity index (χ0v) is 30.5. The summed E-state index contributed by atoms with van der Waals surface area (Å²) in [7, 11) is 0. The second-order valence-corrected chi connectivity index (χ2v) is 14.1. The molecule has 7 nitrogen and oxygen atoms in total. The maximum Gasteiger partial charge on any atom is 0.407 e. The summed E-state index contributed by atoms with van der Waals surface area (Å²) in [5, 5.41) is 4.26. The van der Waals surface area contributed by atoms with Gasteiger partial charge in [0.25, 0.3) is 0 Å². The van der Waals surface area contributed by atoms with E-state index in [0.717, 1.165) is 22.3 Å². The van der Waals surface area contributed by atoms with Crippen molar-refractivity contribution in [2.75, 3.05) is 26.2 Å². The molecule has 0 aromatic heterocycles. The third kappa shape index (κ3) is 8.52. The van der Waals surface area contributed by atoms with Crippen LogP contribution in [0.4, 0.5) is 4.79 Å². The van der Waals surface area contributed by atoms with E-state index < -0.39 is 12.1 Å². The Labute approximate surface area is 317 Å². The number of carbonyl (C=O) groups is 3. The van der Waals surface area contributed by atoms with Crippen molar-refractivity contribution in [3.63, 3.8) is 0 Å². The molecule has 0 radical (unpaired) electrons. The number of ketones is 1. The van der Waals surface area contributed by atoms with Crippen LogP contribution in [0.5, 0.6) is 0 Å². The van der Waals surface area contributed by atoms with E-state index in [1.165, 1.54) is 0 Å². The van der Waals surface area contributed by atoms with Crippen LogP contribution in [-0.2, 0) is 14.3 Å².